The number of hydrogen-bond acceptors (Lipinski definition) is 4. The molecule has 0 atom stereocenters. The number of hydrogen-bond donors (Lipinski definition) is 1. The molecule has 1 aromatic heterocycles. The minimum atomic E-state index is -0.119. The molecule has 6 heteroatoms. The second-order valence-electron chi connectivity index (χ2n) is 4.54. The van der Waals surface area contributed by atoms with Crippen LogP contribution in [0.15, 0.2) is 24.3 Å². The fourth-order valence-corrected chi connectivity index (χ4v) is 2.89. The Bertz CT molecular complexity index is 609. The van der Waals surface area contributed by atoms with Gasteiger partial charge >= 0.3 is 0 Å². The lowest BCUT2D eigenvalue weighted by molar-refractivity contribution is -0.115. The van der Waals surface area contributed by atoms with Gasteiger partial charge in [-0.3, -0.25) is 4.79 Å². The van der Waals surface area contributed by atoms with Gasteiger partial charge in [0.15, 0.2) is 0 Å². The molecule has 1 aromatic carbocycles. The first-order valence-electron chi connectivity index (χ1n) is 6.09. The molecule has 2 aromatic rings. The van der Waals surface area contributed by atoms with Crippen molar-refractivity contribution in [1.29, 1.82) is 0 Å². The lowest BCUT2D eigenvalue weighted by Crippen LogP contribution is -2.14. The molecule has 1 saturated carbocycles. The highest BCUT2D eigenvalue weighted by atomic mass is 35.5. The summed E-state index contributed by atoms with van der Waals surface area (Å²) in [5, 5.41) is 13.0. The molecule has 4 nitrogen and oxygen atoms in total. The number of halogens is 1. The fraction of sp³-hybridized carbons (Fsp3) is 0.308. The van der Waals surface area contributed by atoms with Gasteiger partial charge in [-0.25, -0.2) is 0 Å². The zero-order valence-electron chi connectivity index (χ0n) is 10.1. The Morgan fingerprint density at radius 1 is 1.37 bits per heavy atom. The van der Waals surface area contributed by atoms with E-state index >= 15 is 0 Å². The topological polar surface area (TPSA) is 54.9 Å². The van der Waals surface area contributed by atoms with Crippen molar-refractivity contribution in [2.45, 2.75) is 25.2 Å². The number of anilines is 1. The van der Waals surface area contributed by atoms with Crippen LogP contribution in [-0.2, 0) is 11.2 Å². The Morgan fingerprint density at radius 2 is 2.16 bits per heavy atom. The van der Waals surface area contributed by atoms with Gasteiger partial charge in [0.1, 0.15) is 5.01 Å². The summed E-state index contributed by atoms with van der Waals surface area (Å²) in [4.78, 5) is 11.9. The summed E-state index contributed by atoms with van der Waals surface area (Å²) in [6.45, 7) is 0. The zero-order chi connectivity index (χ0) is 13.2. The number of nitrogens with zero attached hydrogens (tertiary/aromatic N) is 2. The van der Waals surface area contributed by atoms with Crippen LogP contribution >= 0.6 is 22.9 Å². The third-order valence-electron chi connectivity index (χ3n) is 2.92. The number of amides is 1. The molecule has 1 amide bonds. The molecular weight excluding hydrogens is 282 g/mol. The van der Waals surface area contributed by atoms with Gasteiger partial charge in [-0.1, -0.05) is 41.1 Å². The molecular formula is C13H12ClN3OS. The van der Waals surface area contributed by atoms with Crippen molar-refractivity contribution in [3.8, 4) is 0 Å². The van der Waals surface area contributed by atoms with E-state index in [0.29, 0.717) is 16.1 Å². The van der Waals surface area contributed by atoms with Crippen molar-refractivity contribution >= 4 is 34.0 Å². The maximum Gasteiger partial charge on any atom is 0.230 e. The van der Waals surface area contributed by atoms with Crippen molar-refractivity contribution in [3.63, 3.8) is 0 Å². The second-order valence-corrected chi connectivity index (χ2v) is 5.95. The summed E-state index contributed by atoms with van der Waals surface area (Å²) in [6.07, 6.45) is 2.61. The number of benzene rings is 1. The maximum absolute atomic E-state index is 11.9. The quantitative estimate of drug-likeness (QED) is 0.941. The van der Waals surface area contributed by atoms with Gasteiger partial charge in [-0.05, 0) is 24.5 Å². The normalized spacial score (nSPS) is 14.4. The fourth-order valence-electron chi connectivity index (χ4n) is 1.76. The highest BCUT2D eigenvalue weighted by Crippen LogP contribution is 2.42. The van der Waals surface area contributed by atoms with E-state index < -0.39 is 0 Å². The van der Waals surface area contributed by atoms with E-state index in [1.165, 1.54) is 24.2 Å². The van der Waals surface area contributed by atoms with E-state index in [1.807, 2.05) is 18.2 Å². The molecule has 1 fully saturated rings. The van der Waals surface area contributed by atoms with E-state index in [2.05, 4.69) is 15.5 Å². The molecule has 0 unspecified atom stereocenters. The molecule has 19 heavy (non-hydrogen) atoms. The van der Waals surface area contributed by atoms with Gasteiger partial charge in [0.05, 0.1) is 6.42 Å². The van der Waals surface area contributed by atoms with Gasteiger partial charge in [0.25, 0.3) is 0 Å². The monoisotopic (exact) mass is 293 g/mol. The smallest absolute Gasteiger partial charge is 0.230 e. The minimum absolute atomic E-state index is 0.119. The first kappa shape index (κ1) is 12.6. The predicted molar refractivity (Wildman–Crippen MR) is 75.7 cm³/mol. The van der Waals surface area contributed by atoms with Gasteiger partial charge in [0, 0.05) is 10.9 Å². The molecule has 0 bridgehead atoms. The largest absolute Gasteiger partial charge is 0.300 e. The Hall–Kier alpha value is -1.46. The van der Waals surface area contributed by atoms with Gasteiger partial charge in [-0.15, -0.1) is 10.2 Å². The Labute approximate surface area is 119 Å². The molecule has 3 rings (SSSR count). The van der Waals surface area contributed by atoms with Crippen LogP contribution < -0.4 is 5.32 Å². The third kappa shape index (κ3) is 3.11. The van der Waals surface area contributed by atoms with E-state index in [-0.39, 0.29) is 12.3 Å². The predicted octanol–water partition coefficient (Wildman–Crippen LogP) is 3.25. The summed E-state index contributed by atoms with van der Waals surface area (Å²) in [5.74, 6) is 0.443. The molecule has 98 valence electrons. The molecule has 1 heterocycles. The average molecular weight is 294 g/mol. The van der Waals surface area contributed by atoms with E-state index in [4.69, 9.17) is 11.6 Å². The van der Waals surface area contributed by atoms with Crippen molar-refractivity contribution in [1.82, 2.24) is 10.2 Å². The lowest BCUT2D eigenvalue weighted by Gasteiger charge is -2.03. The SMILES string of the molecule is O=C(Cc1ccccc1Cl)Nc1nnc(C2CC2)s1. The number of carbonyl (C=O) groups excluding carboxylic acids is 1. The van der Waals surface area contributed by atoms with Crippen LogP contribution in [0, 0.1) is 0 Å². The first-order valence-corrected chi connectivity index (χ1v) is 7.28. The highest BCUT2D eigenvalue weighted by Gasteiger charge is 2.27. The number of aromatic nitrogens is 2. The van der Waals surface area contributed by atoms with Gasteiger partial charge in [-0.2, -0.15) is 0 Å². The second kappa shape index (κ2) is 5.27. The number of carbonyl (C=O) groups is 1. The molecule has 0 spiro atoms. The number of rotatable bonds is 4. The maximum atomic E-state index is 11.9. The lowest BCUT2D eigenvalue weighted by atomic mass is 10.1. The summed E-state index contributed by atoms with van der Waals surface area (Å²) in [7, 11) is 0. The molecule has 0 radical (unpaired) electrons. The highest BCUT2D eigenvalue weighted by molar-refractivity contribution is 7.15. The molecule has 0 saturated heterocycles. The molecule has 0 aliphatic heterocycles. The average Bonchev–Trinajstić information content (AvgIpc) is 3.14. The zero-order valence-corrected chi connectivity index (χ0v) is 11.7. The summed E-state index contributed by atoms with van der Waals surface area (Å²) >= 11 is 7.48. The van der Waals surface area contributed by atoms with Crippen LogP contribution in [0.5, 0.6) is 0 Å². The van der Waals surface area contributed by atoms with Crippen molar-refractivity contribution < 1.29 is 4.79 Å². The van der Waals surface area contributed by atoms with Crippen LogP contribution in [0.4, 0.5) is 5.13 Å². The Morgan fingerprint density at radius 3 is 2.89 bits per heavy atom. The first-order chi connectivity index (χ1) is 9.22. The molecule has 1 aliphatic rings. The Balaban J connectivity index is 1.62. The molecule has 1 N–H and O–H groups in total. The van der Waals surface area contributed by atoms with Gasteiger partial charge in [0.2, 0.25) is 11.0 Å². The van der Waals surface area contributed by atoms with E-state index in [1.54, 1.807) is 6.07 Å². The van der Waals surface area contributed by atoms with Crippen LogP contribution in [0.2, 0.25) is 5.02 Å². The summed E-state index contributed by atoms with van der Waals surface area (Å²) < 4.78 is 0. The van der Waals surface area contributed by atoms with Crippen molar-refractivity contribution in [3.05, 3.63) is 39.9 Å². The van der Waals surface area contributed by atoms with E-state index in [0.717, 1.165) is 10.6 Å². The van der Waals surface area contributed by atoms with Crippen LogP contribution in [0.25, 0.3) is 0 Å². The van der Waals surface area contributed by atoms with Crippen LogP contribution in [0.1, 0.15) is 29.3 Å². The molecule has 1 aliphatic carbocycles. The van der Waals surface area contributed by atoms with Crippen molar-refractivity contribution in [2.75, 3.05) is 5.32 Å². The third-order valence-corrected chi connectivity index (χ3v) is 4.29. The van der Waals surface area contributed by atoms with E-state index in [9.17, 15) is 4.79 Å². The standard InChI is InChI=1S/C13H12ClN3OS/c14-10-4-2-1-3-9(10)7-11(18)15-13-17-16-12(19-13)8-5-6-8/h1-4,8H,5-7H2,(H,15,17,18). The number of nitrogens with one attached hydrogen (secondary N) is 1. The summed E-state index contributed by atoms with van der Waals surface area (Å²) in [6, 6.07) is 7.33. The van der Waals surface area contributed by atoms with Crippen LogP contribution in [-0.4, -0.2) is 16.1 Å². The van der Waals surface area contributed by atoms with Crippen LogP contribution in [0.3, 0.4) is 0 Å². The van der Waals surface area contributed by atoms with Gasteiger partial charge < -0.3 is 5.32 Å². The minimum Gasteiger partial charge on any atom is -0.300 e. The summed E-state index contributed by atoms with van der Waals surface area (Å²) in [5.41, 5.74) is 0.814. The Kier molecular flexibility index (Phi) is 3.48. The van der Waals surface area contributed by atoms with Crippen molar-refractivity contribution in [2.24, 2.45) is 0 Å².